The first kappa shape index (κ1) is 14.7. The van der Waals surface area contributed by atoms with Gasteiger partial charge in [-0.1, -0.05) is 0 Å². The van der Waals surface area contributed by atoms with E-state index >= 15 is 0 Å². The lowest BCUT2D eigenvalue weighted by atomic mass is 10.3. The molecule has 7 heteroatoms. The Morgan fingerprint density at radius 2 is 2.25 bits per heavy atom. The predicted octanol–water partition coefficient (Wildman–Crippen LogP) is 0.521. The molecule has 1 N–H and O–H groups in total. The van der Waals surface area contributed by atoms with E-state index in [9.17, 15) is 9.59 Å². The van der Waals surface area contributed by atoms with E-state index in [1.165, 1.54) is 17.4 Å². The number of thiazole rings is 1. The fourth-order valence-electron chi connectivity index (χ4n) is 1.79. The molecular weight excluding hydrogens is 278 g/mol. The molecule has 1 aliphatic rings. The van der Waals surface area contributed by atoms with Crippen molar-refractivity contribution in [1.29, 1.82) is 0 Å². The van der Waals surface area contributed by atoms with Crippen LogP contribution in [0.25, 0.3) is 6.08 Å². The number of amides is 2. The predicted molar refractivity (Wildman–Crippen MR) is 76.2 cm³/mol. The average Bonchev–Trinajstić information content (AvgIpc) is 2.99. The summed E-state index contributed by atoms with van der Waals surface area (Å²) in [5, 5.41) is 5.32. The molecule has 1 aliphatic heterocycles. The first-order valence-corrected chi connectivity index (χ1v) is 7.34. The van der Waals surface area contributed by atoms with E-state index in [4.69, 9.17) is 4.74 Å². The third-order valence-corrected chi connectivity index (χ3v) is 3.57. The molecule has 0 radical (unpaired) electrons. The van der Waals surface area contributed by atoms with Crippen molar-refractivity contribution in [2.75, 3.05) is 32.8 Å². The Morgan fingerprint density at radius 3 is 2.95 bits per heavy atom. The van der Waals surface area contributed by atoms with Crippen molar-refractivity contribution in [3.63, 3.8) is 0 Å². The molecule has 0 unspecified atom stereocenters. The van der Waals surface area contributed by atoms with Gasteiger partial charge in [0.2, 0.25) is 11.8 Å². The van der Waals surface area contributed by atoms with Crippen LogP contribution in [-0.4, -0.2) is 54.5 Å². The lowest BCUT2D eigenvalue weighted by Gasteiger charge is -2.26. The minimum atomic E-state index is -0.213. The summed E-state index contributed by atoms with van der Waals surface area (Å²) in [7, 11) is 0. The molecule has 6 nitrogen and oxygen atoms in total. The summed E-state index contributed by atoms with van der Waals surface area (Å²) < 4.78 is 5.18. The monoisotopic (exact) mass is 295 g/mol. The zero-order chi connectivity index (χ0) is 14.2. The minimum absolute atomic E-state index is 0.0532. The van der Waals surface area contributed by atoms with Gasteiger partial charge < -0.3 is 15.0 Å². The Morgan fingerprint density at radius 1 is 1.45 bits per heavy atom. The lowest BCUT2D eigenvalue weighted by molar-refractivity contribution is -0.135. The fourth-order valence-corrected chi connectivity index (χ4v) is 2.32. The molecule has 108 valence electrons. The van der Waals surface area contributed by atoms with Gasteiger partial charge in [-0.3, -0.25) is 9.59 Å². The van der Waals surface area contributed by atoms with Crippen LogP contribution in [0.15, 0.2) is 17.7 Å². The number of rotatable bonds is 5. The molecule has 0 spiro atoms. The Kier molecular flexibility index (Phi) is 5.69. The van der Waals surface area contributed by atoms with Crippen LogP contribution in [0.3, 0.4) is 0 Å². The SMILES string of the molecule is O=C(C=Cc1nccs1)NCCC(=O)N1CCOCC1. The molecule has 2 rings (SSSR count). The number of hydrogen-bond donors (Lipinski definition) is 1. The zero-order valence-corrected chi connectivity index (χ0v) is 11.9. The highest BCUT2D eigenvalue weighted by Crippen LogP contribution is 2.05. The molecule has 0 aliphatic carbocycles. The van der Waals surface area contributed by atoms with Crippen molar-refractivity contribution in [3.8, 4) is 0 Å². The van der Waals surface area contributed by atoms with Gasteiger partial charge in [-0.2, -0.15) is 0 Å². The van der Waals surface area contributed by atoms with Gasteiger partial charge in [0.05, 0.1) is 13.2 Å². The van der Waals surface area contributed by atoms with Gasteiger partial charge in [0.1, 0.15) is 5.01 Å². The second-order valence-corrected chi connectivity index (χ2v) is 5.16. The number of morpholine rings is 1. The quantitative estimate of drug-likeness (QED) is 0.804. The number of nitrogens with one attached hydrogen (secondary N) is 1. The first-order chi connectivity index (χ1) is 9.75. The highest BCUT2D eigenvalue weighted by molar-refractivity contribution is 7.10. The van der Waals surface area contributed by atoms with Crippen LogP contribution in [-0.2, 0) is 14.3 Å². The third kappa shape index (κ3) is 4.75. The maximum Gasteiger partial charge on any atom is 0.244 e. The van der Waals surface area contributed by atoms with Gasteiger partial charge in [-0.05, 0) is 6.08 Å². The molecule has 0 saturated carbocycles. The summed E-state index contributed by atoms with van der Waals surface area (Å²) in [5.74, 6) is -0.160. The molecule has 1 aromatic rings. The second-order valence-electron chi connectivity index (χ2n) is 4.24. The van der Waals surface area contributed by atoms with E-state index in [2.05, 4.69) is 10.3 Å². The highest BCUT2D eigenvalue weighted by atomic mass is 32.1. The summed E-state index contributed by atoms with van der Waals surface area (Å²) in [6.07, 6.45) is 5.09. The lowest BCUT2D eigenvalue weighted by Crippen LogP contribution is -2.41. The van der Waals surface area contributed by atoms with Crippen molar-refractivity contribution in [2.24, 2.45) is 0 Å². The molecule has 1 saturated heterocycles. The normalized spacial score (nSPS) is 15.5. The average molecular weight is 295 g/mol. The van der Waals surface area contributed by atoms with E-state index < -0.39 is 0 Å². The van der Waals surface area contributed by atoms with E-state index in [0.717, 1.165) is 5.01 Å². The van der Waals surface area contributed by atoms with Gasteiger partial charge >= 0.3 is 0 Å². The van der Waals surface area contributed by atoms with Crippen LogP contribution >= 0.6 is 11.3 Å². The highest BCUT2D eigenvalue weighted by Gasteiger charge is 2.16. The molecule has 2 amide bonds. The van der Waals surface area contributed by atoms with Gasteiger partial charge in [0.25, 0.3) is 0 Å². The zero-order valence-electron chi connectivity index (χ0n) is 11.1. The molecule has 1 aromatic heterocycles. The van der Waals surface area contributed by atoms with Crippen molar-refractivity contribution < 1.29 is 14.3 Å². The Balaban J connectivity index is 1.64. The van der Waals surface area contributed by atoms with E-state index in [1.807, 2.05) is 5.38 Å². The topological polar surface area (TPSA) is 71.5 Å². The van der Waals surface area contributed by atoms with Gasteiger partial charge in [-0.15, -0.1) is 11.3 Å². The van der Waals surface area contributed by atoms with Gasteiger partial charge in [-0.25, -0.2) is 4.98 Å². The largest absolute Gasteiger partial charge is 0.378 e. The molecule has 2 heterocycles. The molecule has 20 heavy (non-hydrogen) atoms. The molecule has 0 bridgehead atoms. The van der Waals surface area contributed by atoms with Crippen LogP contribution in [0, 0.1) is 0 Å². The minimum Gasteiger partial charge on any atom is -0.378 e. The van der Waals surface area contributed by atoms with E-state index in [-0.39, 0.29) is 11.8 Å². The molecule has 1 fully saturated rings. The fraction of sp³-hybridized carbons (Fsp3) is 0.462. The standard InChI is InChI=1S/C13H17N3O3S/c17-11(1-2-12-15-5-10-20-12)14-4-3-13(18)16-6-8-19-9-7-16/h1-2,5,10H,3-4,6-9H2,(H,14,17). The summed E-state index contributed by atoms with van der Waals surface area (Å²) in [6.45, 7) is 2.80. The van der Waals surface area contributed by atoms with Crippen LogP contribution in [0.4, 0.5) is 0 Å². The Labute approximate surface area is 121 Å². The molecular formula is C13H17N3O3S. The maximum absolute atomic E-state index is 11.8. The van der Waals surface area contributed by atoms with Gasteiger partial charge in [0, 0.05) is 43.7 Å². The Bertz CT molecular complexity index is 467. The van der Waals surface area contributed by atoms with Crippen LogP contribution in [0.2, 0.25) is 0 Å². The molecule has 0 atom stereocenters. The van der Waals surface area contributed by atoms with Crippen molar-refractivity contribution in [3.05, 3.63) is 22.7 Å². The summed E-state index contributed by atoms with van der Waals surface area (Å²) in [5.41, 5.74) is 0. The summed E-state index contributed by atoms with van der Waals surface area (Å²) in [6, 6.07) is 0. The smallest absolute Gasteiger partial charge is 0.244 e. The summed E-state index contributed by atoms with van der Waals surface area (Å²) >= 11 is 1.46. The number of nitrogens with zero attached hydrogens (tertiary/aromatic N) is 2. The van der Waals surface area contributed by atoms with Crippen molar-refractivity contribution in [1.82, 2.24) is 15.2 Å². The molecule has 0 aromatic carbocycles. The maximum atomic E-state index is 11.8. The first-order valence-electron chi connectivity index (χ1n) is 6.46. The Hall–Kier alpha value is -1.73. The number of carbonyl (C=O) groups excluding carboxylic acids is 2. The third-order valence-electron chi connectivity index (χ3n) is 2.83. The number of aromatic nitrogens is 1. The van der Waals surface area contributed by atoms with Gasteiger partial charge in [0.15, 0.2) is 0 Å². The van der Waals surface area contributed by atoms with Crippen molar-refractivity contribution >= 4 is 29.2 Å². The van der Waals surface area contributed by atoms with Crippen LogP contribution in [0.5, 0.6) is 0 Å². The summed E-state index contributed by atoms with van der Waals surface area (Å²) in [4.78, 5) is 29.1. The number of ether oxygens (including phenoxy) is 1. The van der Waals surface area contributed by atoms with Crippen molar-refractivity contribution in [2.45, 2.75) is 6.42 Å². The van der Waals surface area contributed by atoms with Crippen LogP contribution in [0.1, 0.15) is 11.4 Å². The van der Waals surface area contributed by atoms with E-state index in [0.29, 0.717) is 39.3 Å². The van der Waals surface area contributed by atoms with Crippen LogP contribution < -0.4 is 5.32 Å². The second kappa shape index (κ2) is 7.76. The van der Waals surface area contributed by atoms with E-state index in [1.54, 1.807) is 17.2 Å². The number of carbonyl (C=O) groups is 2. The number of hydrogen-bond acceptors (Lipinski definition) is 5.